The second-order valence-corrected chi connectivity index (χ2v) is 7.67. The predicted octanol–water partition coefficient (Wildman–Crippen LogP) is 4.35. The maximum atomic E-state index is 13.3. The summed E-state index contributed by atoms with van der Waals surface area (Å²) in [7, 11) is 3.40. The number of urea groups is 1. The van der Waals surface area contributed by atoms with Gasteiger partial charge in [0, 0.05) is 39.1 Å². The van der Waals surface area contributed by atoms with Gasteiger partial charge in [-0.05, 0) is 30.7 Å². The minimum atomic E-state index is -4.61. The van der Waals surface area contributed by atoms with Crippen LogP contribution < -0.4 is 5.32 Å². The van der Waals surface area contributed by atoms with Crippen molar-refractivity contribution < 1.29 is 27.5 Å². The van der Waals surface area contributed by atoms with Gasteiger partial charge in [0.25, 0.3) is 0 Å². The zero-order chi connectivity index (χ0) is 24.4. The number of benzene rings is 1. The highest BCUT2D eigenvalue weighted by Crippen LogP contribution is 2.34. The van der Waals surface area contributed by atoms with Gasteiger partial charge >= 0.3 is 12.2 Å². The first kappa shape index (κ1) is 26.2. The molecule has 3 amide bonds. The number of nitrogens with one attached hydrogen (secondary N) is 1. The molecule has 1 N–H and O–H groups in total. The van der Waals surface area contributed by atoms with E-state index >= 15 is 0 Å². The molecule has 0 unspecified atom stereocenters. The topological polar surface area (TPSA) is 66.8 Å². The smallest absolute Gasteiger partial charge is 0.383 e. The van der Waals surface area contributed by atoms with Crippen molar-refractivity contribution in [3.63, 3.8) is 0 Å². The van der Waals surface area contributed by atoms with Crippen molar-refractivity contribution in [2.75, 3.05) is 38.7 Å². The second-order valence-electron chi connectivity index (χ2n) is 7.67. The van der Waals surface area contributed by atoms with Gasteiger partial charge in [-0.15, -0.1) is 0 Å². The minimum absolute atomic E-state index is 0.241. The standard InChI is InChI=1S/C23H31F3N4O3/c1-4-5-13-30(22(32)27-20-11-7-6-10-19(20)23(24,25)26)17-21(31)29(14-15-33-3)16-18-9-8-12-28(18)2/h6-12H,4-5,13-17H2,1-3H3,(H,27,32). The zero-order valence-corrected chi connectivity index (χ0v) is 19.2. The molecule has 2 aromatic rings. The number of unbranched alkanes of at least 4 members (excludes halogenated alkanes) is 1. The molecular weight excluding hydrogens is 437 g/mol. The molecule has 1 aromatic carbocycles. The maximum absolute atomic E-state index is 13.3. The fourth-order valence-electron chi connectivity index (χ4n) is 3.25. The number of alkyl halides is 3. The van der Waals surface area contributed by atoms with Crippen LogP contribution in [0.1, 0.15) is 31.0 Å². The Morgan fingerprint density at radius 3 is 2.42 bits per heavy atom. The van der Waals surface area contributed by atoms with E-state index in [0.717, 1.165) is 18.2 Å². The van der Waals surface area contributed by atoms with E-state index < -0.39 is 17.8 Å². The number of aryl methyl sites for hydroxylation is 1. The van der Waals surface area contributed by atoms with E-state index in [1.54, 1.807) is 4.90 Å². The van der Waals surface area contributed by atoms with Crippen LogP contribution in [0.4, 0.5) is 23.7 Å². The van der Waals surface area contributed by atoms with E-state index in [9.17, 15) is 22.8 Å². The normalized spacial score (nSPS) is 11.3. The summed E-state index contributed by atoms with van der Waals surface area (Å²) >= 11 is 0. The van der Waals surface area contributed by atoms with E-state index in [1.165, 1.54) is 30.2 Å². The molecule has 0 aliphatic rings. The monoisotopic (exact) mass is 468 g/mol. The van der Waals surface area contributed by atoms with Gasteiger partial charge in [0.15, 0.2) is 0 Å². The number of nitrogens with zero attached hydrogens (tertiary/aromatic N) is 3. The summed E-state index contributed by atoms with van der Waals surface area (Å²) in [4.78, 5) is 28.8. The Balaban J connectivity index is 2.18. The molecule has 182 valence electrons. The van der Waals surface area contributed by atoms with Crippen LogP contribution in [-0.4, -0.2) is 59.7 Å². The first-order valence-corrected chi connectivity index (χ1v) is 10.8. The molecule has 0 atom stereocenters. The molecule has 0 spiro atoms. The predicted molar refractivity (Wildman–Crippen MR) is 120 cm³/mol. The maximum Gasteiger partial charge on any atom is 0.418 e. The molecule has 0 saturated heterocycles. The number of hydrogen-bond donors (Lipinski definition) is 1. The molecule has 10 heteroatoms. The van der Waals surface area contributed by atoms with Gasteiger partial charge in [0.05, 0.1) is 24.4 Å². The Bertz CT molecular complexity index is 914. The first-order chi connectivity index (χ1) is 15.7. The minimum Gasteiger partial charge on any atom is -0.383 e. The molecule has 0 aliphatic heterocycles. The van der Waals surface area contributed by atoms with E-state index in [-0.39, 0.29) is 24.7 Å². The summed E-state index contributed by atoms with van der Waals surface area (Å²) in [6, 6.07) is 7.78. The highest BCUT2D eigenvalue weighted by molar-refractivity contribution is 5.93. The van der Waals surface area contributed by atoms with Gasteiger partial charge in [0.1, 0.15) is 6.54 Å². The van der Waals surface area contributed by atoms with E-state index in [0.29, 0.717) is 26.1 Å². The SMILES string of the molecule is CCCCN(CC(=O)N(CCOC)Cc1cccn1C)C(=O)Nc1ccccc1C(F)(F)F. The van der Waals surface area contributed by atoms with Crippen molar-refractivity contribution in [3.8, 4) is 0 Å². The Labute approximate surface area is 192 Å². The van der Waals surface area contributed by atoms with Crippen molar-refractivity contribution in [2.45, 2.75) is 32.5 Å². The molecule has 7 nitrogen and oxygen atoms in total. The number of methoxy groups -OCH3 is 1. The van der Waals surface area contributed by atoms with E-state index in [2.05, 4.69) is 5.32 Å². The molecule has 0 saturated carbocycles. The zero-order valence-electron chi connectivity index (χ0n) is 19.2. The van der Waals surface area contributed by atoms with Gasteiger partial charge < -0.3 is 24.4 Å². The van der Waals surface area contributed by atoms with Crippen molar-refractivity contribution in [3.05, 3.63) is 53.9 Å². The number of halogens is 3. The number of hydrogen-bond acceptors (Lipinski definition) is 3. The lowest BCUT2D eigenvalue weighted by Gasteiger charge is -2.28. The number of para-hydroxylation sites is 1. The van der Waals surface area contributed by atoms with Crippen molar-refractivity contribution in [1.82, 2.24) is 14.4 Å². The van der Waals surface area contributed by atoms with Gasteiger partial charge in [0.2, 0.25) is 5.91 Å². The highest BCUT2D eigenvalue weighted by atomic mass is 19.4. The summed E-state index contributed by atoms with van der Waals surface area (Å²) in [5.74, 6) is -0.316. The molecule has 2 rings (SSSR count). The third kappa shape index (κ3) is 7.81. The molecule has 0 radical (unpaired) electrons. The molecule has 0 fully saturated rings. The van der Waals surface area contributed by atoms with E-state index in [4.69, 9.17) is 4.74 Å². The fraction of sp³-hybridized carbons (Fsp3) is 0.478. The Morgan fingerprint density at radius 2 is 1.82 bits per heavy atom. The summed E-state index contributed by atoms with van der Waals surface area (Å²) in [6.45, 7) is 2.87. The van der Waals surface area contributed by atoms with Crippen LogP contribution in [-0.2, 0) is 29.3 Å². The van der Waals surface area contributed by atoms with E-state index in [1.807, 2.05) is 36.9 Å². The third-order valence-corrected chi connectivity index (χ3v) is 5.19. The molecule has 1 heterocycles. The Morgan fingerprint density at radius 1 is 1.09 bits per heavy atom. The number of carbonyl (C=O) groups is 2. The van der Waals surface area contributed by atoms with Crippen LogP contribution in [0.5, 0.6) is 0 Å². The first-order valence-electron chi connectivity index (χ1n) is 10.8. The molecule has 0 bridgehead atoms. The Kier molecular flexibility index (Phi) is 9.77. The lowest BCUT2D eigenvalue weighted by atomic mass is 10.1. The number of carbonyl (C=O) groups excluding carboxylic acids is 2. The number of anilines is 1. The third-order valence-electron chi connectivity index (χ3n) is 5.19. The van der Waals surface area contributed by atoms with Crippen molar-refractivity contribution >= 4 is 17.6 Å². The highest BCUT2D eigenvalue weighted by Gasteiger charge is 2.34. The van der Waals surface area contributed by atoms with Crippen molar-refractivity contribution in [1.29, 1.82) is 0 Å². The average molecular weight is 469 g/mol. The van der Waals surface area contributed by atoms with Gasteiger partial charge in [-0.3, -0.25) is 4.79 Å². The lowest BCUT2D eigenvalue weighted by molar-refractivity contribution is -0.137. The number of ether oxygens (including phenoxy) is 1. The second kappa shape index (κ2) is 12.3. The number of aromatic nitrogens is 1. The van der Waals surface area contributed by atoms with Crippen LogP contribution in [0.15, 0.2) is 42.6 Å². The number of rotatable bonds is 11. The summed E-state index contributed by atoms with van der Waals surface area (Å²) in [5, 5.41) is 2.34. The fourth-order valence-corrected chi connectivity index (χ4v) is 3.25. The van der Waals surface area contributed by atoms with Gasteiger partial charge in [-0.1, -0.05) is 25.5 Å². The van der Waals surface area contributed by atoms with Gasteiger partial charge in [-0.25, -0.2) is 4.79 Å². The molecule has 33 heavy (non-hydrogen) atoms. The quantitative estimate of drug-likeness (QED) is 0.533. The largest absolute Gasteiger partial charge is 0.418 e. The van der Waals surface area contributed by atoms with Crippen LogP contribution in [0.25, 0.3) is 0 Å². The summed E-state index contributed by atoms with van der Waals surface area (Å²) in [6.07, 6.45) is -1.38. The van der Waals surface area contributed by atoms with Crippen LogP contribution in [0.2, 0.25) is 0 Å². The molecular formula is C23H31F3N4O3. The molecule has 1 aromatic heterocycles. The van der Waals surface area contributed by atoms with Crippen LogP contribution in [0.3, 0.4) is 0 Å². The summed E-state index contributed by atoms with van der Waals surface area (Å²) < 4.78 is 46.9. The lowest BCUT2D eigenvalue weighted by Crippen LogP contribution is -2.45. The summed E-state index contributed by atoms with van der Waals surface area (Å²) in [5.41, 5.74) is -0.377. The van der Waals surface area contributed by atoms with Gasteiger partial charge in [-0.2, -0.15) is 13.2 Å². The Hall–Kier alpha value is -3.01. The number of amides is 3. The molecule has 0 aliphatic carbocycles. The van der Waals surface area contributed by atoms with Crippen molar-refractivity contribution in [2.24, 2.45) is 7.05 Å². The van der Waals surface area contributed by atoms with Crippen LogP contribution >= 0.6 is 0 Å². The average Bonchev–Trinajstić information content (AvgIpc) is 3.17. The van der Waals surface area contributed by atoms with Crippen LogP contribution in [0, 0.1) is 0 Å².